The molecule has 3 aromatic rings. The first-order valence-electron chi connectivity index (χ1n) is 9.03. The van der Waals surface area contributed by atoms with Crippen LogP contribution in [0.25, 0.3) is 10.9 Å². The number of hydrogen-bond acceptors (Lipinski definition) is 4. The number of nitrogens with zero attached hydrogens (tertiary/aromatic N) is 3. The van der Waals surface area contributed by atoms with Crippen LogP contribution < -0.4 is 5.56 Å². The minimum absolute atomic E-state index is 0.0304. The molecule has 0 radical (unpaired) electrons. The molecule has 6 nitrogen and oxygen atoms in total. The van der Waals surface area contributed by atoms with Crippen LogP contribution in [0.2, 0.25) is 0 Å². The van der Waals surface area contributed by atoms with Crippen LogP contribution in [0.15, 0.2) is 53.3 Å². The maximum Gasteiger partial charge on any atom is 0.258 e. The van der Waals surface area contributed by atoms with Crippen molar-refractivity contribution in [2.75, 3.05) is 14.1 Å². The Labute approximate surface area is 157 Å². The second kappa shape index (κ2) is 6.96. The molecule has 1 N–H and O–H groups in total. The number of amides is 1. The number of likely N-dealkylation sites (N-methyl/N-ethyl adjacent to an activating group) is 2. The fourth-order valence-electron chi connectivity index (χ4n) is 3.70. The molecule has 1 aliphatic heterocycles. The van der Waals surface area contributed by atoms with Crippen molar-refractivity contribution in [1.29, 1.82) is 0 Å². The molecule has 1 amide bonds. The van der Waals surface area contributed by atoms with Crippen molar-refractivity contribution in [3.05, 3.63) is 75.8 Å². The Balaban J connectivity index is 1.54. The first-order chi connectivity index (χ1) is 13.0. The fourth-order valence-corrected chi connectivity index (χ4v) is 3.70. The lowest BCUT2D eigenvalue weighted by Crippen LogP contribution is -2.49. The van der Waals surface area contributed by atoms with Crippen LogP contribution in [0.3, 0.4) is 0 Å². The molecule has 0 spiro atoms. The monoisotopic (exact) mass is 362 g/mol. The van der Waals surface area contributed by atoms with Crippen LogP contribution in [0, 0.1) is 0 Å². The standard InChI is InChI=1S/C21H22N4O2/c1-24-12-15-8-4-3-7-14(15)11-18(24)21(27)25(2)13-19-22-17-10-6-5-9-16(17)20(26)23-19/h3-10,18H,11-13H2,1-2H3,(H,22,23,26)/t18-/m1/s1. The lowest BCUT2D eigenvalue weighted by molar-refractivity contribution is -0.136. The summed E-state index contributed by atoms with van der Waals surface area (Å²) >= 11 is 0. The summed E-state index contributed by atoms with van der Waals surface area (Å²) in [5.74, 6) is 0.524. The Morgan fingerprint density at radius 3 is 2.70 bits per heavy atom. The van der Waals surface area contributed by atoms with Gasteiger partial charge in [0.1, 0.15) is 5.82 Å². The molecule has 138 valence electrons. The summed E-state index contributed by atoms with van der Waals surface area (Å²) in [6, 6.07) is 15.2. The molecule has 2 aromatic carbocycles. The van der Waals surface area contributed by atoms with E-state index in [9.17, 15) is 9.59 Å². The number of para-hydroxylation sites is 1. The van der Waals surface area contributed by atoms with Gasteiger partial charge in [0.05, 0.1) is 23.5 Å². The number of nitrogens with one attached hydrogen (secondary N) is 1. The van der Waals surface area contributed by atoms with Crippen molar-refractivity contribution >= 4 is 16.8 Å². The zero-order valence-corrected chi connectivity index (χ0v) is 15.5. The van der Waals surface area contributed by atoms with Crippen LogP contribution in [0.1, 0.15) is 17.0 Å². The normalized spacial score (nSPS) is 16.9. The highest BCUT2D eigenvalue weighted by Crippen LogP contribution is 2.23. The minimum Gasteiger partial charge on any atom is -0.337 e. The number of hydrogen-bond donors (Lipinski definition) is 1. The Kier molecular flexibility index (Phi) is 4.49. The molecule has 1 atom stereocenters. The molecular formula is C21H22N4O2. The van der Waals surface area contributed by atoms with Crippen molar-refractivity contribution in [3.63, 3.8) is 0 Å². The first kappa shape index (κ1) is 17.4. The second-order valence-corrected chi connectivity index (χ2v) is 7.13. The predicted octanol–water partition coefficient (Wildman–Crippen LogP) is 1.94. The van der Waals surface area contributed by atoms with Gasteiger partial charge in [-0.3, -0.25) is 14.5 Å². The van der Waals surface area contributed by atoms with Gasteiger partial charge in [-0.05, 0) is 36.7 Å². The highest BCUT2D eigenvalue weighted by molar-refractivity contribution is 5.82. The lowest BCUT2D eigenvalue weighted by atomic mass is 9.94. The first-order valence-corrected chi connectivity index (χ1v) is 9.03. The SMILES string of the molecule is CN(Cc1nc2ccccc2c(=O)[nH]1)C(=O)[C@H]1Cc2ccccc2CN1C. The van der Waals surface area contributed by atoms with E-state index in [1.54, 1.807) is 18.0 Å². The van der Waals surface area contributed by atoms with Crippen LogP contribution in [-0.4, -0.2) is 45.8 Å². The van der Waals surface area contributed by atoms with Crippen LogP contribution >= 0.6 is 0 Å². The molecule has 27 heavy (non-hydrogen) atoms. The second-order valence-electron chi connectivity index (χ2n) is 7.13. The van der Waals surface area contributed by atoms with E-state index in [0.717, 1.165) is 6.54 Å². The summed E-state index contributed by atoms with van der Waals surface area (Å²) in [6.45, 7) is 1.02. The molecular weight excluding hydrogens is 340 g/mol. The quantitative estimate of drug-likeness (QED) is 0.773. The van der Waals surface area contributed by atoms with Gasteiger partial charge in [-0.25, -0.2) is 4.98 Å². The van der Waals surface area contributed by atoms with Gasteiger partial charge in [0.2, 0.25) is 5.91 Å². The van der Waals surface area contributed by atoms with Crippen molar-refractivity contribution in [2.45, 2.75) is 25.6 Å². The third-order valence-electron chi connectivity index (χ3n) is 5.19. The number of aromatic amines is 1. The van der Waals surface area contributed by atoms with Crippen LogP contribution in [0.4, 0.5) is 0 Å². The van der Waals surface area contributed by atoms with Crippen molar-refractivity contribution in [1.82, 2.24) is 19.8 Å². The Bertz CT molecular complexity index is 1060. The number of carbonyl (C=O) groups excluding carboxylic acids is 1. The lowest BCUT2D eigenvalue weighted by Gasteiger charge is -2.35. The van der Waals surface area contributed by atoms with E-state index >= 15 is 0 Å². The molecule has 6 heteroatoms. The molecule has 0 unspecified atom stereocenters. The van der Waals surface area contributed by atoms with Gasteiger partial charge in [-0.2, -0.15) is 0 Å². The summed E-state index contributed by atoms with van der Waals surface area (Å²) < 4.78 is 0. The van der Waals surface area contributed by atoms with Gasteiger partial charge in [0.25, 0.3) is 5.56 Å². The van der Waals surface area contributed by atoms with Gasteiger partial charge < -0.3 is 9.88 Å². The van der Waals surface area contributed by atoms with Crippen LogP contribution in [-0.2, 0) is 24.3 Å². The van der Waals surface area contributed by atoms with E-state index in [4.69, 9.17) is 0 Å². The molecule has 0 saturated carbocycles. The van der Waals surface area contributed by atoms with E-state index in [2.05, 4.69) is 27.0 Å². The van der Waals surface area contributed by atoms with Gasteiger partial charge in [0, 0.05) is 13.6 Å². The molecule has 1 aliphatic rings. The summed E-state index contributed by atoms with van der Waals surface area (Å²) in [5, 5.41) is 0.554. The smallest absolute Gasteiger partial charge is 0.258 e. The van der Waals surface area contributed by atoms with Gasteiger partial charge in [0.15, 0.2) is 0 Å². The van der Waals surface area contributed by atoms with Gasteiger partial charge >= 0.3 is 0 Å². The van der Waals surface area contributed by atoms with E-state index < -0.39 is 0 Å². The Morgan fingerprint density at radius 1 is 1.19 bits per heavy atom. The third-order valence-corrected chi connectivity index (χ3v) is 5.19. The van der Waals surface area contributed by atoms with E-state index in [0.29, 0.717) is 23.1 Å². The van der Waals surface area contributed by atoms with E-state index in [1.807, 2.05) is 37.4 Å². The third kappa shape index (κ3) is 3.36. The predicted molar refractivity (Wildman–Crippen MR) is 104 cm³/mol. The molecule has 0 bridgehead atoms. The zero-order chi connectivity index (χ0) is 19.0. The Hall–Kier alpha value is -2.99. The maximum atomic E-state index is 13.0. The average molecular weight is 362 g/mol. The van der Waals surface area contributed by atoms with Crippen molar-refractivity contribution in [3.8, 4) is 0 Å². The topological polar surface area (TPSA) is 69.3 Å². The highest BCUT2D eigenvalue weighted by atomic mass is 16.2. The van der Waals surface area contributed by atoms with Gasteiger partial charge in [-0.1, -0.05) is 36.4 Å². The van der Waals surface area contributed by atoms with Gasteiger partial charge in [-0.15, -0.1) is 0 Å². The van der Waals surface area contributed by atoms with Crippen molar-refractivity contribution in [2.24, 2.45) is 0 Å². The Morgan fingerprint density at radius 2 is 1.89 bits per heavy atom. The zero-order valence-electron chi connectivity index (χ0n) is 15.5. The number of aromatic nitrogens is 2. The number of carbonyl (C=O) groups is 1. The van der Waals surface area contributed by atoms with E-state index in [-0.39, 0.29) is 24.1 Å². The summed E-state index contributed by atoms with van der Waals surface area (Å²) in [5.41, 5.74) is 2.95. The molecule has 2 heterocycles. The minimum atomic E-state index is -0.211. The molecule has 4 rings (SSSR count). The fraction of sp³-hybridized carbons (Fsp3) is 0.286. The number of H-pyrrole nitrogens is 1. The molecule has 0 saturated heterocycles. The molecule has 1 aromatic heterocycles. The largest absolute Gasteiger partial charge is 0.337 e. The highest BCUT2D eigenvalue weighted by Gasteiger charge is 2.31. The number of fused-ring (bicyclic) bond motifs is 2. The summed E-state index contributed by atoms with van der Waals surface area (Å²) in [4.78, 5) is 36.3. The van der Waals surface area contributed by atoms with E-state index in [1.165, 1.54) is 11.1 Å². The average Bonchev–Trinajstić information content (AvgIpc) is 2.67. The maximum absolute atomic E-state index is 13.0. The number of benzene rings is 2. The summed E-state index contributed by atoms with van der Waals surface area (Å²) in [6.07, 6.45) is 0.692. The van der Waals surface area contributed by atoms with Crippen molar-refractivity contribution < 1.29 is 4.79 Å². The number of rotatable bonds is 3. The molecule has 0 fully saturated rings. The summed E-state index contributed by atoms with van der Waals surface area (Å²) in [7, 11) is 3.73. The van der Waals surface area contributed by atoms with Crippen LogP contribution in [0.5, 0.6) is 0 Å². The molecule has 0 aliphatic carbocycles.